The number of carboxylic acids is 1. The van der Waals surface area contributed by atoms with E-state index in [1.165, 1.54) is 5.56 Å². The fourth-order valence-corrected chi connectivity index (χ4v) is 4.44. The molecule has 0 amide bonds. The standard InChI is InChI=1S/C29H28N2O3/c1-34-13-3-6-20-4-2-5-22(14-20)19-31-12-11-24-15-21(7-10-28(24)31)16-27-26(29(32)33)17-25(18-30-27)23-8-9-23/h2-7,10-12,14-15,17-18,23H,8-9,13,16,19H2,1H3,(H,32,33)/b6-3+. The van der Waals surface area contributed by atoms with Crippen LogP contribution in [-0.2, 0) is 17.7 Å². The minimum Gasteiger partial charge on any atom is -0.478 e. The maximum absolute atomic E-state index is 11.8. The van der Waals surface area contributed by atoms with E-state index >= 15 is 0 Å². The molecule has 1 aliphatic rings. The number of pyridine rings is 1. The van der Waals surface area contributed by atoms with Gasteiger partial charge in [-0.2, -0.15) is 0 Å². The zero-order valence-corrected chi connectivity index (χ0v) is 19.3. The number of carbonyl (C=O) groups is 1. The van der Waals surface area contributed by atoms with E-state index in [2.05, 4.69) is 70.4 Å². The third-order valence-electron chi connectivity index (χ3n) is 6.35. The Bertz CT molecular complexity index is 1370. The van der Waals surface area contributed by atoms with Crippen molar-refractivity contribution in [3.63, 3.8) is 0 Å². The van der Waals surface area contributed by atoms with Crippen LogP contribution in [0.3, 0.4) is 0 Å². The molecule has 2 aromatic heterocycles. The molecule has 0 spiro atoms. The molecule has 5 rings (SSSR count). The van der Waals surface area contributed by atoms with E-state index in [0.717, 1.165) is 47.0 Å². The molecule has 0 radical (unpaired) electrons. The van der Waals surface area contributed by atoms with Gasteiger partial charge in [-0.1, -0.05) is 36.4 Å². The Hall–Kier alpha value is -3.70. The number of aromatic carboxylic acids is 1. The van der Waals surface area contributed by atoms with E-state index < -0.39 is 5.97 Å². The van der Waals surface area contributed by atoms with Crippen molar-refractivity contribution in [2.75, 3.05) is 13.7 Å². The largest absolute Gasteiger partial charge is 0.478 e. The summed E-state index contributed by atoms with van der Waals surface area (Å²) in [6.45, 7) is 1.38. The fraction of sp³-hybridized carbons (Fsp3) is 0.241. The van der Waals surface area contributed by atoms with Gasteiger partial charge in [0.15, 0.2) is 0 Å². The van der Waals surface area contributed by atoms with E-state index in [-0.39, 0.29) is 0 Å². The first kappa shape index (κ1) is 22.1. The van der Waals surface area contributed by atoms with Crippen LogP contribution >= 0.6 is 0 Å². The molecule has 34 heavy (non-hydrogen) atoms. The van der Waals surface area contributed by atoms with E-state index in [9.17, 15) is 9.90 Å². The molecule has 172 valence electrons. The fourth-order valence-electron chi connectivity index (χ4n) is 4.44. The minimum absolute atomic E-state index is 0.321. The Balaban J connectivity index is 1.35. The molecule has 5 nitrogen and oxygen atoms in total. The Labute approximate surface area is 199 Å². The average molecular weight is 453 g/mol. The van der Waals surface area contributed by atoms with Gasteiger partial charge in [0.05, 0.1) is 17.9 Å². The zero-order valence-electron chi connectivity index (χ0n) is 19.3. The number of aromatic nitrogens is 2. The van der Waals surface area contributed by atoms with E-state index in [4.69, 9.17) is 4.74 Å². The number of fused-ring (bicyclic) bond motifs is 1. The van der Waals surface area contributed by atoms with E-state index in [1.807, 2.05) is 18.3 Å². The van der Waals surface area contributed by atoms with Crippen molar-refractivity contribution in [1.29, 1.82) is 0 Å². The molecule has 1 aliphatic carbocycles. The molecule has 0 atom stereocenters. The zero-order chi connectivity index (χ0) is 23.5. The van der Waals surface area contributed by atoms with Crippen molar-refractivity contribution in [2.45, 2.75) is 31.7 Å². The van der Waals surface area contributed by atoms with Crippen LogP contribution in [0.5, 0.6) is 0 Å². The summed E-state index contributed by atoms with van der Waals surface area (Å²) in [5.74, 6) is -0.422. The topological polar surface area (TPSA) is 64.4 Å². The summed E-state index contributed by atoms with van der Waals surface area (Å²) in [6.07, 6.45) is 10.8. The number of hydrogen-bond donors (Lipinski definition) is 1. The normalized spacial score (nSPS) is 13.7. The van der Waals surface area contributed by atoms with Gasteiger partial charge in [0.2, 0.25) is 0 Å². The first-order chi connectivity index (χ1) is 16.6. The second-order valence-corrected chi connectivity index (χ2v) is 8.96. The predicted octanol–water partition coefficient (Wildman–Crippen LogP) is 5.91. The molecule has 4 aromatic rings. The molecule has 0 saturated heterocycles. The molecule has 2 aromatic carbocycles. The lowest BCUT2D eigenvalue weighted by molar-refractivity contribution is 0.0695. The van der Waals surface area contributed by atoms with Gasteiger partial charge in [0, 0.05) is 38.0 Å². The van der Waals surface area contributed by atoms with Crippen LogP contribution in [0.15, 0.2) is 73.1 Å². The van der Waals surface area contributed by atoms with Crippen molar-refractivity contribution < 1.29 is 14.6 Å². The lowest BCUT2D eigenvalue weighted by atomic mass is 10.0. The molecular weight excluding hydrogens is 424 g/mol. The van der Waals surface area contributed by atoms with Gasteiger partial charge in [-0.05, 0) is 76.7 Å². The van der Waals surface area contributed by atoms with Gasteiger partial charge in [0.1, 0.15) is 0 Å². The highest BCUT2D eigenvalue weighted by atomic mass is 16.5. The van der Waals surface area contributed by atoms with Gasteiger partial charge in [0.25, 0.3) is 0 Å². The number of rotatable bonds is 9. The lowest BCUT2D eigenvalue weighted by Gasteiger charge is -2.09. The summed E-state index contributed by atoms with van der Waals surface area (Å²) in [5.41, 5.74) is 6.58. The summed E-state index contributed by atoms with van der Waals surface area (Å²) < 4.78 is 7.32. The molecule has 0 aliphatic heterocycles. The van der Waals surface area contributed by atoms with E-state index in [1.54, 1.807) is 7.11 Å². The monoisotopic (exact) mass is 452 g/mol. The quantitative estimate of drug-likeness (QED) is 0.343. The third-order valence-corrected chi connectivity index (χ3v) is 6.35. The number of nitrogens with zero attached hydrogens (tertiary/aromatic N) is 2. The number of ether oxygens (including phenoxy) is 1. The Morgan fingerprint density at radius 3 is 2.82 bits per heavy atom. The lowest BCUT2D eigenvalue weighted by Crippen LogP contribution is -2.07. The highest BCUT2D eigenvalue weighted by Crippen LogP contribution is 2.40. The summed E-state index contributed by atoms with van der Waals surface area (Å²) in [4.78, 5) is 16.4. The van der Waals surface area contributed by atoms with Crippen molar-refractivity contribution in [1.82, 2.24) is 9.55 Å². The molecule has 1 saturated carbocycles. The average Bonchev–Trinajstić information content (AvgIpc) is 3.62. The Kier molecular flexibility index (Phi) is 6.28. The number of hydrogen-bond acceptors (Lipinski definition) is 3. The predicted molar refractivity (Wildman–Crippen MR) is 134 cm³/mol. The van der Waals surface area contributed by atoms with Crippen LogP contribution in [-0.4, -0.2) is 34.3 Å². The van der Waals surface area contributed by atoms with Crippen molar-refractivity contribution in [2.24, 2.45) is 0 Å². The van der Waals surface area contributed by atoms with Crippen LogP contribution in [0.2, 0.25) is 0 Å². The number of methoxy groups -OCH3 is 1. The summed E-state index contributed by atoms with van der Waals surface area (Å²) in [5, 5.41) is 10.9. The third kappa shape index (κ3) is 4.95. The van der Waals surface area contributed by atoms with Crippen LogP contribution < -0.4 is 0 Å². The molecule has 1 fully saturated rings. The summed E-state index contributed by atoms with van der Waals surface area (Å²) in [6, 6.07) is 18.8. The number of carboxylic acid groups (broad SMARTS) is 1. The van der Waals surface area contributed by atoms with Crippen LogP contribution in [0.1, 0.15) is 57.1 Å². The summed E-state index contributed by atoms with van der Waals surface area (Å²) in [7, 11) is 1.69. The molecule has 1 N–H and O–H groups in total. The minimum atomic E-state index is -0.906. The van der Waals surface area contributed by atoms with Crippen molar-refractivity contribution in [3.8, 4) is 0 Å². The number of benzene rings is 2. The molecule has 0 unspecified atom stereocenters. The van der Waals surface area contributed by atoms with Crippen LogP contribution in [0.25, 0.3) is 17.0 Å². The highest BCUT2D eigenvalue weighted by Gasteiger charge is 2.25. The molecule has 2 heterocycles. The Morgan fingerprint density at radius 2 is 2.03 bits per heavy atom. The van der Waals surface area contributed by atoms with Crippen molar-refractivity contribution >= 4 is 22.9 Å². The van der Waals surface area contributed by atoms with E-state index in [0.29, 0.717) is 30.2 Å². The maximum atomic E-state index is 11.8. The SMILES string of the molecule is COC/C=C/c1cccc(Cn2ccc3cc(Cc4ncc(C5CC5)cc4C(=O)O)ccc32)c1. The van der Waals surface area contributed by atoms with Gasteiger partial charge in [-0.3, -0.25) is 4.98 Å². The van der Waals surface area contributed by atoms with Gasteiger partial charge in [-0.25, -0.2) is 4.79 Å². The second-order valence-electron chi connectivity index (χ2n) is 8.96. The summed E-state index contributed by atoms with van der Waals surface area (Å²) >= 11 is 0. The van der Waals surface area contributed by atoms with Gasteiger partial charge < -0.3 is 14.4 Å². The first-order valence-corrected chi connectivity index (χ1v) is 11.6. The Morgan fingerprint density at radius 1 is 1.15 bits per heavy atom. The van der Waals surface area contributed by atoms with Crippen molar-refractivity contribution in [3.05, 3.63) is 107 Å². The highest BCUT2D eigenvalue weighted by molar-refractivity contribution is 5.89. The molecule has 5 heteroatoms. The van der Waals surface area contributed by atoms with Crippen LogP contribution in [0.4, 0.5) is 0 Å². The smallest absolute Gasteiger partial charge is 0.337 e. The molecule has 0 bridgehead atoms. The van der Waals surface area contributed by atoms with Gasteiger partial charge in [-0.15, -0.1) is 0 Å². The van der Waals surface area contributed by atoms with Gasteiger partial charge >= 0.3 is 5.97 Å². The second kappa shape index (κ2) is 9.65. The first-order valence-electron chi connectivity index (χ1n) is 11.6. The maximum Gasteiger partial charge on any atom is 0.337 e. The molecular formula is C29H28N2O3. The van der Waals surface area contributed by atoms with Crippen LogP contribution in [0, 0.1) is 0 Å².